The van der Waals surface area contributed by atoms with Gasteiger partial charge >= 0.3 is 5.97 Å². The van der Waals surface area contributed by atoms with Gasteiger partial charge in [0.1, 0.15) is 5.82 Å². The number of esters is 1. The van der Waals surface area contributed by atoms with Crippen LogP contribution in [-0.4, -0.2) is 13.1 Å². The predicted molar refractivity (Wildman–Crippen MR) is 46.9 cm³/mol. The number of hydrogen-bond donors (Lipinski definition) is 0. The quantitative estimate of drug-likeness (QED) is 0.652. The van der Waals surface area contributed by atoms with Crippen LogP contribution in [0.3, 0.4) is 0 Å². The first-order valence-electron chi connectivity index (χ1n) is 3.95. The Kier molecular flexibility index (Phi) is 3.01. The van der Waals surface area contributed by atoms with Gasteiger partial charge < -0.3 is 4.74 Å². The standard InChI is InChI=1S/C10H11FO2/c1-7-5-8(3-4-9(7)11)6-10(12)13-2/h3-5H,6H2,1-2H3. The molecular weight excluding hydrogens is 171 g/mol. The van der Waals surface area contributed by atoms with E-state index < -0.39 is 0 Å². The molecule has 0 spiro atoms. The molecule has 3 heteroatoms. The second-order valence-corrected chi connectivity index (χ2v) is 2.84. The number of halogens is 1. The summed E-state index contributed by atoms with van der Waals surface area (Å²) < 4.78 is 17.3. The number of ether oxygens (including phenoxy) is 1. The van der Waals surface area contributed by atoms with E-state index in [9.17, 15) is 9.18 Å². The largest absolute Gasteiger partial charge is 0.469 e. The van der Waals surface area contributed by atoms with Gasteiger partial charge in [0.2, 0.25) is 0 Å². The van der Waals surface area contributed by atoms with Crippen molar-refractivity contribution in [1.82, 2.24) is 0 Å². The van der Waals surface area contributed by atoms with Gasteiger partial charge in [-0.15, -0.1) is 0 Å². The van der Waals surface area contributed by atoms with Crippen LogP contribution in [0.15, 0.2) is 18.2 Å². The number of aryl methyl sites for hydroxylation is 1. The van der Waals surface area contributed by atoms with Crippen LogP contribution >= 0.6 is 0 Å². The maximum atomic E-state index is 12.8. The summed E-state index contributed by atoms with van der Waals surface area (Å²) in [6, 6.07) is 4.58. The van der Waals surface area contributed by atoms with E-state index in [1.165, 1.54) is 13.2 Å². The molecule has 0 aliphatic heterocycles. The third-order valence-electron chi connectivity index (χ3n) is 1.80. The smallest absolute Gasteiger partial charge is 0.309 e. The molecule has 0 heterocycles. The van der Waals surface area contributed by atoms with E-state index in [-0.39, 0.29) is 18.2 Å². The molecule has 0 fully saturated rings. The van der Waals surface area contributed by atoms with Gasteiger partial charge in [0.25, 0.3) is 0 Å². The van der Waals surface area contributed by atoms with E-state index in [1.54, 1.807) is 19.1 Å². The zero-order valence-corrected chi connectivity index (χ0v) is 7.63. The lowest BCUT2D eigenvalue weighted by atomic mass is 10.1. The molecule has 1 aromatic carbocycles. The van der Waals surface area contributed by atoms with Crippen molar-refractivity contribution in [1.29, 1.82) is 0 Å². The number of benzene rings is 1. The summed E-state index contributed by atoms with van der Waals surface area (Å²) in [5, 5.41) is 0. The molecule has 0 aliphatic carbocycles. The van der Waals surface area contributed by atoms with Gasteiger partial charge in [0.15, 0.2) is 0 Å². The van der Waals surface area contributed by atoms with Crippen molar-refractivity contribution in [2.24, 2.45) is 0 Å². The van der Waals surface area contributed by atoms with Gasteiger partial charge in [0, 0.05) is 0 Å². The van der Waals surface area contributed by atoms with Crippen molar-refractivity contribution in [3.63, 3.8) is 0 Å². The Balaban J connectivity index is 2.79. The third-order valence-corrected chi connectivity index (χ3v) is 1.80. The van der Waals surface area contributed by atoms with E-state index in [2.05, 4.69) is 4.74 Å². The Morgan fingerprint density at radius 2 is 2.23 bits per heavy atom. The first-order valence-corrected chi connectivity index (χ1v) is 3.95. The van der Waals surface area contributed by atoms with E-state index in [0.29, 0.717) is 5.56 Å². The molecule has 0 unspecified atom stereocenters. The second kappa shape index (κ2) is 4.03. The molecule has 0 aliphatic rings. The summed E-state index contributed by atoms with van der Waals surface area (Å²) in [5.41, 5.74) is 1.31. The fourth-order valence-electron chi connectivity index (χ4n) is 1.06. The van der Waals surface area contributed by atoms with Crippen molar-refractivity contribution in [2.45, 2.75) is 13.3 Å². The number of rotatable bonds is 2. The second-order valence-electron chi connectivity index (χ2n) is 2.84. The Bertz CT molecular complexity index is 321. The molecule has 70 valence electrons. The molecular formula is C10H11FO2. The number of methoxy groups -OCH3 is 1. The van der Waals surface area contributed by atoms with Crippen LogP contribution in [0.1, 0.15) is 11.1 Å². The fraction of sp³-hybridized carbons (Fsp3) is 0.300. The average molecular weight is 182 g/mol. The predicted octanol–water partition coefficient (Wildman–Crippen LogP) is 1.85. The number of hydrogen-bond acceptors (Lipinski definition) is 2. The summed E-state index contributed by atoms with van der Waals surface area (Å²) in [6.07, 6.45) is 0.192. The van der Waals surface area contributed by atoms with E-state index in [4.69, 9.17) is 0 Å². The van der Waals surface area contributed by atoms with Crippen LogP contribution in [0.4, 0.5) is 4.39 Å². The minimum atomic E-state index is -0.314. The maximum absolute atomic E-state index is 12.8. The minimum absolute atomic E-state index is 0.192. The zero-order chi connectivity index (χ0) is 9.84. The Hall–Kier alpha value is -1.38. The molecule has 0 N–H and O–H groups in total. The SMILES string of the molecule is COC(=O)Cc1ccc(F)c(C)c1. The molecule has 0 amide bonds. The van der Waals surface area contributed by atoms with Gasteiger partial charge in [-0.1, -0.05) is 12.1 Å². The fourth-order valence-corrected chi connectivity index (χ4v) is 1.06. The first kappa shape index (κ1) is 9.71. The van der Waals surface area contributed by atoms with Gasteiger partial charge in [-0.05, 0) is 24.1 Å². The normalized spacial score (nSPS) is 9.77. The highest BCUT2D eigenvalue weighted by molar-refractivity contribution is 5.72. The van der Waals surface area contributed by atoms with Crippen LogP contribution in [0.5, 0.6) is 0 Å². The van der Waals surface area contributed by atoms with Crippen molar-refractivity contribution >= 4 is 5.97 Å². The van der Waals surface area contributed by atoms with Crippen molar-refractivity contribution in [3.8, 4) is 0 Å². The topological polar surface area (TPSA) is 26.3 Å². The van der Waals surface area contributed by atoms with Gasteiger partial charge in [-0.2, -0.15) is 0 Å². The molecule has 13 heavy (non-hydrogen) atoms. The van der Waals surface area contributed by atoms with E-state index in [0.717, 1.165) is 5.56 Å². The lowest BCUT2D eigenvalue weighted by Gasteiger charge is -2.01. The lowest BCUT2D eigenvalue weighted by Crippen LogP contribution is -2.04. The Morgan fingerprint density at radius 3 is 2.77 bits per heavy atom. The highest BCUT2D eigenvalue weighted by Crippen LogP contribution is 2.09. The van der Waals surface area contributed by atoms with E-state index >= 15 is 0 Å². The highest BCUT2D eigenvalue weighted by atomic mass is 19.1. The van der Waals surface area contributed by atoms with Crippen molar-refractivity contribution in [2.75, 3.05) is 7.11 Å². The number of carbonyl (C=O) groups is 1. The summed E-state index contributed by atoms with van der Waals surface area (Å²) in [7, 11) is 1.33. The average Bonchev–Trinajstić information content (AvgIpc) is 2.11. The molecule has 1 aromatic rings. The number of carbonyl (C=O) groups excluding carboxylic acids is 1. The molecule has 1 rings (SSSR count). The van der Waals surface area contributed by atoms with E-state index in [1.807, 2.05) is 0 Å². The Labute approximate surface area is 76.3 Å². The van der Waals surface area contributed by atoms with Crippen LogP contribution in [0.2, 0.25) is 0 Å². The molecule has 0 aromatic heterocycles. The Morgan fingerprint density at radius 1 is 1.54 bits per heavy atom. The highest BCUT2D eigenvalue weighted by Gasteiger charge is 2.04. The lowest BCUT2D eigenvalue weighted by molar-refractivity contribution is -0.139. The maximum Gasteiger partial charge on any atom is 0.309 e. The van der Waals surface area contributed by atoms with Crippen LogP contribution < -0.4 is 0 Å². The molecule has 0 saturated carbocycles. The zero-order valence-electron chi connectivity index (χ0n) is 7.63. The summed E-state index contributed by atoms with van der Waals surface area (Å²) >= 11 is 0. The van der Waals surface area contributed by atoms with Crippen LogP contribution in [0.25, 0.3) is 0 Å². The first-order chi connectivity index (χ1) is 6.13. The minimum Gasteiger partial charge on any atom is -0.469 e. The van der Waals surface area contributed by atoms with Crippen molar-refractivity contribution < 1.29 is 13.9 Å². The monoisotopic (exact) mass is 182 g/mol. The molecule has 0 saturated heterocycles. The van der Waals surface area contributed by atoms with Gasteiger partial charge in [-0.3, -0.25) is 4.79 Å². The van der Waals surface area contributed by atoms with Crippen molar-refractivity contribution in [3.05, 3.63) is 35.1 Å². The summed E-state index contributed by atoms with van der Waals surface area (Å²) in [6.45, 7) is 1.66. The van der Waals surface area contributed by atoms with Crippen LogP contribution in [-0.2, 0) is 16.0 Å². The summed E-state index contributed by atoms with van der Waals surface area (Å²) in [4.78, 5) is 10.9. The van der Waals surface area contributed by atoms with Gasteiger partial charge in [-0.25, -0.2) is 4.39 Å². The molecule has 0 radical (unpaired) electrons. The summed E-state index contributed by atoms with van der Waals surface area (Å²) in [5.74, 6) is -0.570. The molecule has 2 nitrogen and oxygen atoms in total. The third kappa shape index (κ3) is 2.54. The molecule has 0 atom stereocenters. The van der Waals surface area contributed by atoms with Gasteiger partial charge in [0.05, 0.1) is 13.5 Å². The van der Waals surface area contributed by atoms with Crippen LogP contribution in [0, 0.1) is 12.7 Å². The molecule has 0 bridgehead atoms.